The van der Waals surface area contributed by atoms with Crippen molar-refractivity contribution in [1.29, 1.82) is 0 Å². The van der Waals surface area contributed by atoms with Gasteiger partial charge in [-0.05, 0) is 31.0 Å². The predicted molar refractivity (Wildman–Crippen MR) is 78.7 cm³/mol. The van der Waals surface area contributed by atoms with Crippen LogP contribution in [0, 0.1) is 0 Å². The molecule has 0 aliphatic carbocycles. The van der Waals surface area contributed by atoms with Gasteiger partial charge in [0.25, 0.3) is 5.91 Å². The van der Waals surface area contributed by atoms with Crippen LogP contribution in [0.3, 0.4) is 0 Å². The van der Waals surface area contributed by atoms with Crippen molar-refractivity contribution in [3.63, 3.8) is 0 Å². The summed E-state index contributed by atoms with van der Waals surface area (Å²) in [5, 5.41) is 22.8. The topological polar surface area (TPSA) is 99.5 Å². The Morgan fingerprint density at radius 1 is 1.33 bits per heavy atom. The highest BCUT2D eigenvalue weighted by Gasteiger charge is 2.10. The summed E-state index contributed by atoms with van der Waals surface area (Å²) in [6, 6.07) is 6.04. The zero-order valence-electron chi connectivity index (χ0n) is 11.1. The van der Waals surface area contributed by atoms with Gasteiger partial charge in [-0.3, -0.25) is 14.9 Å². The molecule has 0 atom stereocenters. The van der Waals surface area contributed by atoms with Crippen molar-refractivity contribution in [2.24, 2.45) is 0 Å². The molecule has 3 N–H and O–H groups in total. The van der Waals surface area contributed by atoms with Crippen molar-refractivity contribution in [1.82, 2.24) is 4.98 Å². The molecular weight excluding hydrogens is 292 g/mol. The zero-order valence-corrected chi connectivity index (χ0v) is 11.9. The van der Waals surface area contributed by atoms with E-state index < -0.39 is 5.97 Å². The molecule has 0 aliphatic heterocycles. The van der Waals surface area contributed by atoms with Gasteiger partial charge in [-0.25, -0.2) is 4.98 Å². The Morgan fingerprint density at radius 2 is 2.14 bits per heavy atom. The number of phenols is 1. The summed E-state index contributed by atoms with van der Waals surface area (Å²) in [7, 11) is 0. The number of phenolic OH excluding ortho intramolecular Hbond substituents is 1. The molecular formula is C14H14N2O4S. The van der Waals surface area contributed by atoms with Crippen LogP contribution in [0.5, 0.6) is 5.75 Å². The van der Waals surface area contributed by atoms with Gasteiger partial charge in [0.15, 0.2) is 5.13 Å². The minimum atomic E-state index is -0.831. The average molecular weight is 306 g/mol. The van der Waals surface area contributed by atoms with E-state index in [0.29, 0.717) is 23.5 Å². The standard InChI is InChI=1S/C14H14N2O4S/c17-11-5-1-3-9(7-11)13(20)16-14-15-10(8-21-14)4-2-6-12(18)19/h1,3,5,7-8,17H,2,4,6H2,(H,18,19)(H,15,16,20). The van der Waals surface area contributed by atoms with E-state index in [1.54, 1.807) is 17.5 Å². The smallest absolute Gasteiger partial charge is 0.303 e. The predicted octanol–water partition coefficient (Wildman–Crippen LogP) is 2.51. The van der Waals surface area contributed by atoms with Crippen LogP contribution in [0.25, 0.3) is 0 Å². The van der Waals surface area contributed by atoms with Gasteiger partial charge in [0.05, 0.1) is 5.69 Å². The van der Waals surface area contributed by atoms with Gasteiger partial charge in [0, 0.05) is 17.4 Å². The number of carboxylic acid groups (broad SMARTS) is 1. The zero-order chi connectivity index (χ0) is 15.2. The summed E-state index contributed by atoms with van der Waals surface area (Å²) >= 11 is 1.28. The van der Waals surface area contributed by atoms with Crippen molar-refractivity contribution in [2.45, 2.75) is 19.3 Å². The van der Waals surface area contributed by atoms with E-state index in [9.17, 15) is 14.7 Å². The van der Waals surface area contributed by atoms with Crippen LogP contribution >= 0.6 is 11.3 Å². The maximum absolute atomic E-state index is 11.9. The van der Waals surface area contributed by atoms with Gasteiger partial charge in [-0.15, -0.1) is 11.3 Å². The number of amides is 1. The number of benzene rings is 1. The van der Waals surface area contributed by atoms with E-state index in [2.05, 4.69) is 10.3 Å². The van der Waals surface area contributed by atoms with Gasteiger partial charge < -0.3 is 10.2 Å². The van der Waals surface area contributed by atoms with Crippen molar-refractivity contribution >= 4 is 28.3 Å². The Hall–Kier alpha value is -2.41. The molecule has 110 valence electrons. The third-order valence-corrected chi connectivity index (χ3v) is 3.51. The van der Waals surface area contributed by atoms with Crippen LogP contribution in [0.4, 0.5) is 5.13 Å². The number of aromatic nitrogens is 1. The van der Waals surface area contributed by atoms with Crippen molar-refractivity contribution in [3.05, 3.63) is 40.9 Å². The molecule has 2 aromatic rings. The number of carboxylic acids is 1. The minimum Gasteiger partial charge on any atom is -0.508 e. The Kier molecular flexibility index (Phi) is 4.89. The molecule has 1 amide bonds. The second-order valence-corrected chi connectivity index (χ2v) is 5.25. The van der Waals surface area contributed by atoms with Gasteiger partial charge in [-0.1, -0.05) is 6.07 Å². The van der Waals surface area contributed by atoms with Crippen LogP contribution in [0.1, 0.15) is 28.9 Å². The molecule has 1 aromatic heterocycles. The van der Waals surface area contributed by atoms with Crippen molar-refractivity contribution < 1.29 is 19.8 Å². The molecule has 2 rings (SSSR count). The molecule has 0 spiro atoms. The van der Waals surface area contributed by atoms with Crippen LogP contribution in [0.2, 0.25) is 0 Å². The number of nitrogens with zero attached hydrogens (tertiary/aromatic N) is 1. The molecule has 0 radical (unpaired) electrons. The minimum absolute atomic E-state index is 0.0242. The summed E-state index contributed by atoms with van der Waals surface area (Å²) < 4.78 is 0. The highest BCUT2D eigenvalue weighted by Crippen LogP contribution is 2.19. The SMILES string of the molecule is O=C(O)CCCc1csc(NC(=O)c2cccc(O)c2)n1. The number of thiazole rings is 1. The summed E-state index contributed by atoms with van der Waals surface area (Å²) in [6.07, 6.45) is 1.17. The molecule has 0 bridgehead atoms. The molecule has 6 nitrogen and oxygen atoms in total. The second kappa shape index (κ2) is 6.85. The first kappa shape index (κ1) is 15.0. The number of carbonyl (C=O) groups excluding carboxylic acids is 1. The van der Waals surface area contributed by atoms with E-state index in [0.717, 1.165) is 5.69 Å². The van der Waals surface area contributed by atoms with Crippen molar-refractivity contribution in [3.8, 4) is 5.75 Å². The summed E-state index contributed by atoms with van der Waals surface area (Å²) in [5.41, 5.74) is 1.10. The highest BCUT2D eigenvalue weighted by molar-refractivity contribution is 7.13. The quantitative estimate of drug-likeness (QED) is 0.761. The molecule has 21 heavy (non-hydrogen) atoms. The number of aryl methyl sites for hydroxylation is 1. The third kappa shape index (κ3) is 4.57. The molecule has 0 aliphatic rings. The average Bonchev–Trinajstić information content (AvgIpc) is 2.86. The Balaban J connectivity index is 1.93. The lowest BCUT2D eigenvalue weighted by atomic mass is 10.2. The number of aliphatic carboxylic acids is 1. The maximum Gasteiger partial charge on any atom is 0.303 e. The van der Waals surface area contributed by atoms with Crippen molar-refractivity contribution in [2.75, 3.05) is 5.32 Å². The lowest BCUT2D eigenvalue weighted by molar-refractivity contribution is -0.137. The lowest BCUT2D eigenvalue weighted by Crippen LogP contribution is -2.11. The normalized spacial score (nSPS) is 10.3. The van der Waals surface area contributed by atoms with Crippen LogP contribution in [-0.4, -0.2) is 27.1 Å². The van der Waals surface area contributed by atoms with Crippen LogP contribution < -0.4 is 5.32 Å². The van der Waals surface area contributed by atoms with E-state index in [-0.39, 0.29) is 18.1 Å². The van der Waals surface area contributed by atoms with Crippen LogP contribution in [0.15, 0.2) is 29.6 Å². The number of hydrogen-bond acceptors (Lipinski definition) is 5. The van der Waals surface area contributed by atoms with E-state index in [4.69, 9.17) is 5.11 Å². The first-order valence-corrected chi connectivity index (χ1v) is 7.19. The number of nitrogens with one attached hydrogen (secondary N) is 1. The first-order valence-electron chi connectivity index (χ1n) is 6.31. The largest absolute Gasteiger partial charge is 0.508 e. The number of anilines is 1. The van der Waals surface area contributed by atoms with E-state index >= 15 is 0 Å². The number of rotatable bonds is 6. The Labute approximate surface area is 125 Å². The van der Waals surface area contributed by atoms with Gasteiger partial charge in [0.2, 0.25) is 0 Å². The Bertz CT molecular complexity index is 654. The summed E-state index contributed by atoms with van der Waals surface area (Å²) in [5.74, 6) is -1.16. The lowest BCUT2D eigenvalue weighted by Gasteiger charge is -2.02. The molecule has 0 saturated carbocycles. The number of carbonyl (C=O) groups is 2. The fourth-order valence-electron chi connectivity index (χ4n) is 1.72. The second-order valence-electron chi connectivity index (χ2n) is 4.40. The van der Waals surface area contributed by atoms with Gasteiger partial charge >= 0.3 is 5.97 Å². The summed E-state index contributed by atoms with van der Waals surface area (Å²) in [4.78, 5) is 26.6. The number of hydrogen-bond donors (Lipinski definition) is 3. The van der Waals surface area contributed by atoms with E-state index in [1.807, 2.05) is 0 Å². The maximum atomic E-state index is 11.9. The molecule has 1 heterocycles. The summed E-state index contributed by atoms with van der Waals surface area (Å²) in [6.45, 7) is 0. The van der Waals surface area contributed by atoms with Gasteiger partial charge in [0.1, 0.15) is 5.75 Å². The first-order chi connectivity index (χ1) is 10.0. The molecule has 1 aromatic carbocycles. The van der Waals surface area contributed by atoms with E-state index in [1.165, 1.54) is 23.5 Å². The molecule has 0 fully saturated rings. The third-order valence-electron chi connectivity index (χ3n) is 2.70. The van der Waals surface area contributed by atoms with Crippen LogP contribution in [-0.2, 0) is 11.2 Å². The fraction of sp³-hybridized carbons (Fsp3) is 0.214. The monoisotopic (exact) mass is 306 g/mol. The fourth-order valence-corrected chi connectivity index (χ4v) is 2.46. The molecule has 7 heteroatoms. The molecule has 0 unspecified atom stereocenters. The number of aromatic hydroxyl groups is 1. The molecule has 0 saturated heterocycles. The Morgan fingerprint density at radius 3 is 2.86 bits per heavy atom. The highest BCUT2D eigenvalue weighted by atomic mass is 32.1. The van der Waals surface area contributed by atoms with Gasteiger partial charge in [-0.2, -0.15) is 0 Å².